The number of rotatable bonds is 4. The summed E-state index contributed by atoms with van der Waals surface area (Å²) in [6.45, 7) is 10.2. The zero-order chi connectivity index (χ0) is 13.0. The van der Waals surface area contributed by atoms with Crippen molar-refractivity contribution in [3.8, 4) is 0 Å². The topological polar surface area (TPSA) is 28.2 Å². The van der Waals surface area contributed by atoms with Crippen molar-refractivity contribution < 1.29 is 0 Å². The van der Waals surface area contributed by atoms with Crippen LogP contribution in [0.2, 0.25) is 0 Å². The van der Waals surface area contributed by atoms with E-state index in [1.54, 1.807) is 0 Å². The van der Waals surface area contributed by atoms with Crippen LogP contribution in [0.25, 0.3) is 0 Å². The second-order valence-corrected chi connectivity index (χ2v) is 5.57. The van der Waals surface area contributed by atoms with Crippen molar-refractivity contribution in [1.82, 2.24) is 15.2 Å². The van der Waals surface area contributed by atoms with Gasteiger partial charge >= 0.3 is 0 Å². The Balaban J connectivity index is 2.10. The Morgan fingerprint density at radius 2 is 2.11 bits per heavy atom. The Morgan fingerprint density at radius 3 is 2.72 bits per heavy atom. The van der Waals surface area contributed by atoms with Crippen molar-refractivity contribution in [2.24, 2.45) is 0 Å². The largest absolute Gasteiger partial charge is 0.311 e. The molecule has 0 amide bonds. The molecule has 2 unspecified atom stereocenters. The van der Waals surface area contributed by atoms with Crippen molar-refractivity contribution in [2.45, 2.75) is 51.7 Å². The minimum Gasteiger partial charge on any atom is -0.311 e. The number of pyridine rings is 1. The van der Waals surface area contributed by atoms with Gasteiger partial charge in [-0.1, -0.05) is 13.8 Å². The number of piperazine rings is 1. The van der Waals surface area contributed by atoms with Gasteiger partial charge in [0.2, 0.25) is 0 Å². The molecule has 1 aliphatic heterocycles. The molecule has 100 valence electrons. The van der Waals surface area contributed by atoms with Crippen LogP contribution >= 0.6 is 0 Å². The van der Waals surface area contributed by atoms with E-state index < -0.39 is 0 Å². The van der Waals surface area contributed by atoms with Crippen LogP contribution in [0.4, 0.5) is 0 Å². The maximum absolute atomic E-state index is 4.10. The van der Waals surface area contributed by atoms with Gasteiger partial charge in [0.25, 0.3) is 0 Å². The number of hydrogen-bond acceptors (Lipinski definition) is 3. The molecule has 0 saturated carbocycles. The molecule has 1 aliphatic rings. The smallest absolute Gasteiger partial charge is 0.0307 e. The summed E-state index contributed by atoms with van der Waals surface area (Å²) in [6, 6.07) is 4.88. The van der Waals surface area contributed by atoms with Crippen molar-refractivity contribution >= 4 is 0 Å². The summed E-state index contributed by atoms with van der Waals surface area (Å²) in [5.74, 6) is 0. The van der Waals surface area contributed by atoms with Gasteiger partial charge in [-0.15, -0.1) is 0 Å². The van der Waals surface area contributed by atoms with E-state index in [4.69, 9.17) is 0 Å². The molecule has 2 atom stereocenters. The Kier molecular flexibility index (Phi) is 4.36. The van der Waals surface area contributed by atoms with E-state index >= 15 is 0 Å². The van der Waals surface area contributed by atoms with E-state index in [-0.39, 0.29) is 5.54 Å². The second-order valence-electron chi connectivity index (χ2n) is 5.57. The van der Waals surface area contributed by atoms with Crippen LogP contribution in [0, 0.1) is 0 Å². The zero-order valence-corrected chi connectivity index (χ0v) is 11.8. The summed E-state index contributed by atoms with van der Waals surface area (Å²) in [6.07, 6.45) is 6.16. The molecule has 0 radical (unpaired) electrons. The van der Waals surface area contributed by atoms with Crippen molar-refractivity contribution in [3.63, 3.8) is 0 Å². The fraction of sp³-hybridized carbons (Fsp3) is 0.667. The van der Waals surface area contributed by atoms with E-state index in [1.807, 2.05) is 12.4 Å². The average molecular weight is 247 g/mol. The molecule has 0 bridgehead atoms. The first-order valence-electron chi connectivity index (χ1n) is 7.05. The van der Waals surface area contributed by atoms with Crippen LogP contribution in [-0.2, 0) is 6.54 Å². The minimum atomic E-state index is 0.273. The van der Waals surface area contributed by atoms with Gasteiger partial charge in [-0.25, -0.2) is 0 Å². The minimum absolute atomic E-state index is 0.273. The highest BCUT2D eigenvalue weighted by molar-refractivity contribution is 5.11. The van der Waals surface area contributed by atoms with Crippen LogP contribution in [0.3, 0.4) is 0 Å². The van der Waals surface area contributed by atoms with Gasteiger partial charge in [0, 0.05) is 43.6 Å². The number of aromatic nitrogens is 1. The number of hydrogen-bond donors (Lipinski definition) is 1. The van der Waals surface area contributed by atoms with E-state index in [0.29, 0.717) is 6.04 Å². The first kappa shape index (κ1) is 13.5. The van der Waals surface area contributed by atoms with E-state index in [1.165, 1.54) is 18.4 Å². The van der Waals surface area contributed by atoms with Crippen molar-refractivity contribution in [1.29, 1.82) is 0 Å². The predicted molar refractivity (Wildman–Crippen MR) is 75.4 cm³/mol. The lowest BCUT2D eigenvalue weighted by atomic mass is 9.91. The average Bonchev–Trinajstić information content (AvgIpc) is 2.42. The molecule has 1 aromatic heterocycles. The third kappa shape index (κ3) is 2.90. The highest BCUT2D eigenvalue weighted by atomic mass is 15.3. The molecule has 2 heterocycles. The van der Waals surface area contributed by atoms with Crippen LogP contribution in [-0.4, -0.2) is 34.6 Å². The molecule has 0 aliphatic carbocycles. The molecule has 1 saturated heterocycles. The summed E-state index contributed by atoms with van der Waals surface area (Å²) in [4.78, 5) is 6.73. The van der Waals surface area contributed by atoms with Crippen LogP contribution in [0.15, 0.2) is 24.5 Å². The van der Waals surface area contributed by atoms with Gasteiger partial charge in [-0.2, -0.15) is 0 Å². The quantitative estimate of drug-likeness (QED) is 0.885. The molecule has 0 aromatic carbocycles. The van der Waals surface area contributed by atoms with Crippen LogP contribution in [0.5, 0.6) is 0 Å². The van der Waals surface area contributed by atoms with Gasteiger partial charge in [0.1, 0.15) is 0 Å². The molecule has 1 fully saturated rings. The van der Waals surface area contributed by atoms with Gasteiger partial charge in [-0.3, -0.25) is 9.88 Å². The molecule has 2 rings (SSSR count). The monoisotopic (exact) mass is 247 g/mol. The SMILES string of the molecule is CCC1CN(Cc2ccncc2)C(C)(CC)CN1. The molecule has 0 spiro atoms. The highest BCUT2D eigenvalue weighted by Crippen LogP contribution is 2.25. The van der Waals surface area contributed by atoms with Gasteiger partial charge in [-0.05, 0) is 37.5 Å². The maximum Gasteiger partial charge on any atom is 0.0307 e. The Hall–Kier alpha value is -0.930. The standard InChI is InChI=1S/C15H25N3/c1-4-14-11-18(15(3,5-2)12-17-14)10-13-6-8-16-9-7-13/h6-9,14,17H,4-5,10-12H2,1-3H3. The van der Waals surface area contributed by atoms with Crippen LogP contribution < -0.4 is 5.32 Å². The van der Waals surface area contributed by atoms with E-state index in [2.05, 4.69) is 48.1 Å². The third-order valence-corrected chi connectivity index (χ3v) is 4.35. The fourth-order valence-corrected chi connectivity index (χ4v) is 2.61. The van der Waals surface area contributed by atoms with Gasteiger partial charge in [0.05, 0.1) is 0 Å². The number of nitrogens with zero attached hydrogens (tertiary/aromatic N) is 2. The first-order chi connectivity index (χ1) is 8.68. The summed E-state index contributed by atoms with van der Waals surface area (Å²) in [7, 11) is 0. The second kappa shape index (κ2) is 5.81. The summed E-state index contributed by atoms with van der Waals surface area (Å²) in [5.41, 5.74) is 1.64. The number of nitrogens with one attached hydrogen (secondary N) is 1. The molecular formula is C15H25N3. The molecule has 3 nitrogen and oxygen atoms in total. The Bertz CT molecular complexity index is 365. The predicted octanol–water partition coefficient (Wildman–Crippen LogP) is 2.43. The molecule has 3 heteroatoms. The van der Waals surface area contributed by atoms with E-state index in [0.717, 1.165) is 19.6 Å². The van der Waals surface area contributed by atoms with Crippen molar-refractivity contribution in [2.75, 3.05) is 13.1 Å². The van der Waals surface area contributed by atoms with Gasteiger partial charge in [0.15, 0.2) is 0 Å². The third-order valence-electron chi connectivity index (χ3n) is 4.35. The van der Waals surface area contributed by atoms with Crippen molar-refractivity contribution in [3.05, 3.63) is 30.1 Å². The Labute approximate surface area is 111 Å². The first-order valence-corrected chi connectivity index (χ1v) is 7.05. The summed E-state index contributed by atoms with van der Waals surface area (Å²) >= 11 is 0. The zero-order valence-electron chi connectivity index (χ0n) is 11.8. The van der Waals surface area contributed by atoms with Crippen LogP contribution in [0.1, 0.15) is 39.2 Å². The fourth-order valence-electron chi connectivity index (χ4n) is 2.61. The lowest BCUT2D eigenvalue weighted by molar-refractivity contribution is 0.0408. The molecule has 18 heavy (non-hydrogen) atoms. The highest BCUT2D eigenvalue weighted by Gasteiger charge is 2.35. The summed E-state index contributed by atoms with van der Waals surface area (Å²) < 4.78 is 0. The molecule has 1 aromatic rings. The van der Waals surface area contributed by atoms with Gasteiger partial charge < -0.3 is 5.32 Å². The normalized spacial score (nSPS) is 29.4. The molecular weight excluding hydrogens is 222 g/mol. The lowest BCUT2D eigenvalue weighted by Gasteiger charge is -2.48. The molecule has 1 N–H and O–H groups in total. The Morgan fingerprint density at radius 1 is 1.39 bits per heavy atom. The maximum atomic E-state index is 4.10. The van der Waals surface area contributed by atoms with E-state index in [9.17, 15) is 0 Å². The lowest BCUT2D eigenvalue weighted by Crippen LogP contribution is -2.62. The summed E-state index contributed by atoms with van der Waals surface area (Å²) in [5, 5.41) is 3.67.